The largest absolute Gasteiger partial charge is 0.486 e. The highest BCUT2D eigenvalue weighted by atomic mass is 16.5. The lowest BCUT2D eigenvalue weighted by Gasteiger charge is -2.34. The van der Waals surface area contributed by atoms with E-state index in [2.05, 4.69) is 11.1 Å². The fourth-order valence-electron chi connectivity index (χ4n) is 4.41. The number of carbonyl (C=O) groups is 1. The molecule has 3 aromatic rings. The molecule has 0 aliphatic carbocycles. The Labute approximate surface area is 205 Å². The van der Waals surface area contributed by atoms with Crippen molar-refractivity contribution in [3.8, 4) is 22.9 Å². The van der Waals surface area contributed by atoms with Crippen LogP contribution in [0.4, 0.5) is 0 Å². The minimum absolute atomic E-state index is 0.0172. The fourth-order valence-corrected chi connectivity index (χ4v) is 4.41. The first kappa shape index (κ1) is 24.2. The van der Waals surface area contributed by atoms with Gasteiger partial charge in [0.25, 0.3) is 5.91 Å². The molecule has 0 radical (unpaired) electrons. The summed E-state index contributed by atoms with van der Waals surface area (Å²) in [6.45, 7) is 7.45. The van der Waals surface area contributed by atoms with E-state index in [1.807, 2.05) is 61.7 Å². The summed E-state index contributed by atoms with van der Waals surface area (Å²) in [6, 6.07) is 17.5. The van der Waals surface area contributed by atoms with E-state index in [-0.39, 0.29) is 17.7 Å². The van der Waals surface area contributed by atoms with Crippen LogP contribution in [-0.2, 0) is 13.0 Å². The molecular weight excluding hydrogens is 440 g/mol. The van der Waals surface area contributed by atoms with Crippen molar-refractivity contribution in [1.82, 2.24) is 14.5 Å². The first-order valence-corrected chi connectivity index (χ1v) is 12.1. The molecule has 1 aliphatic heterocycles. The van der Waals surface area contributed by atoms with Crippen LogP contribution in [0.15, 0.2) is 53.3 Å². The Balaban J connectivity index is 1.78. The number of hydrogen-bond acceptors (Lipinski definition) is 5. The number of hydrogen-bond donors (Lipinski definition) is 0. The molecule has 0 spiro atoms. The van der Waals surface area contributed by atoms with Gasteiger partial charge in [-0.1, -0.05) is 49.7 Å². The van der Waals surface area contributed by atoms with Gasteiger partial charge in [0.05, 0.1) is 18.2 Å². The summed E-state index contributed by atoms with van der Waals surface area (Å²) in [5, 5.41) is 9.12. The van der Waals surface area contributed by atoms with Crippen molar-refractivity contribution in [2.24, 2.45) is 0 Å². The third-order valence-corrected chi connectivity index (χ3v) is 6.31. The minimum atomic E-state index is -0.503. The van der Waals surface area contributed by atoms with E-state index in [4.69, 9.17) is 10.00 Å². The van der Waals surface area contributed by atoms with Crippen LogP contribution in [0.3, 0.4) is 0 Å². The maximum absolute atomic E-state index is 13.4. The molecule has 2 aromatic carbocycles. The van der Waals surface area contributed by atoms with Gasteiger partial charge in [0.2, 0.25) is 5.75 Å². The van der Waals surface area contributed by atoms with Crippen LogP contribution in [0, 0.1) is 11.3 Å². The number of benzene rings is 2. The van der Waals surface area contributed by atoms with Crippen LogP contribution in [0.1, 0.15) is 61.1 Å². The summed E-state index contributed by atoms with van der Waals surface area (Å²) in [4.78, 5) is 32.7. The summed E-state index contributed by atoms with van der Waals surface area (Å²) in [5.74, 6) is 0.405. The quantitative estimate of drug-likeness (QED) is 0.455. The van der Waals surface area contributed by atoms with Crippen LogP contribution in [0.2, 0.25) is 0 Å². The van der Waals surface area contributed by atoms with Crippen LogP contribution in [-0.4, -0.2) is 39.6 Å². The van der Waals surface area contributed by atoms with Gasteiger partial charge in [-0.3, -0.25) is 9.59 Å². The van der Waals surface area contributed by atoms with Gasteiger partial charge in [-0.25, -0.2) is 0 Å². The van der Waals surface area contributed by atoms with Crippen molar-refractivity contribution in [2.45, 2.75) is 52.6 Å². The van der Waals surface area contributed by atoms with Crippen molar-refractivity contribution in [2.75, 3.05) is 13.2 Å². The standard InChI is InChI=1S/C28H30N4O3/c1-4-5-16-35-26-25-28(34)31(19(2)3)14-15-32(25)24(30-27(26)33)17-22-8-6-7-9-23(22)21-12-10-20(18-29)11-13-21/h6-13,19H,4-5,14-17H2,1-3H3. The molecule has 7 nitrogen and oxygen atoms in total. The van der Waals surface area contributed by atoms with Crippen LogP contribution < -0.4 is 10.3 Å². The predicted octanol–water partition coefficient (Wildman–Crippen LogP) is 4.42. The van der Waals surface area contributed by atoms with E-state index < -0.39 is 5.56 Å². The molecule has 0 bridgehead atoms. The summed E-state index contributed by atoms with van der Waals surface area (Å²) >= 11 is 0. The molecule has 0 saturated heterocycles. The molecule has 0 N–H and O–H groups in total. The Morgan fingerprint density at radius 1 is 1.09 bits per heavy atom. The smallest absolute Gasteiger partial charge is 0.316 e. The molecule has 180 valence electrons. The first-order valence-electron chi connectivity index (χ1n) is 12.1. The second-order valence-corrected chi connectivity index (χ2v) is 8.98. The lowest BCUT2D eigenvalue weighted by molar-refractivity contribution is 0.0635. The fraction of sp³-hybridized carbons (Fsp3) is 0.357. The zero-order valence-corrected chi connectivity index (χ0v) is 20.5. The minimum Gasteiger partial charge on any atom is -0.486 e. The molecule has 0 unspecified atom stereocenters. The number of carbonyl (C=O) groups excluding carboxylic acids is 1. The third-order valence-electron chi connectivity index (χ3n) is 6.31. The maximum atomic E-state index is 13.4. The van der Waals surface area contributed by atoms with Crippen molar-refractivity contribution in [1.29, 1.82) is 5.26 Å². The number of ether oxygens (including phenoxy) is 1. The number of aromatic nitrogens is 2. The number of nitriles is 1. The third kappa shape index (κ3) is 4.97. The number of fused-ring (bicyclic) bond motifs is 1. The molecule has 7 heteroatoms. The maximum Gasteiger partial charge on any atom is 0.316 e. The van der Waals surface area contributed by atoms with Gasteiger partial charge < -0.3 is 14.2 Å². The summed E-state index contributed by atoms with van der Waals surface area (Å²) in [6.07, 6.45) is 2.11. The highest BCUT2D eigenvalue weighted by Gasteiger charge is 2.33. The molecule has 4 rings (SSSR count). The van der Waals surface area contributed by atoms with Crippen molar-refractivity contribution >= 4 is 5.91 Å². The van der Waals surface area contributed by atoms with Gasteiger partial charge >= 0.3 is 5.56 Å². The average molecular weight is 471 g/mol. The van der Waals surface area contributed by atoms with Crippen molar-refractivity contribution in [3.05, 3.63) is 81.5 Å². The molecule has 35 heavy (non-hydrogen) atoms. The SMILES string of the molecule is CCCCOc1c2n(c(Cc3ccccc3-c3ccc(C#N)cc3)nc1=O)CCN(C(C)C)C2=O. The molecular formula is C28H30N4O3. The summed E-state index contributed by atoms with van der Waals surface area (Å²) in [5.41, 5.74) is 3.35. The van der Waals surface area contributed by atoms with Crippen molar-refractivity contribution in [3.63, 3.8) is 0 Å². The average Bonchev–Trinajstić information content (AvgIpc) is 2.86. The summed E-state index contributed by atoms with van der Waals surface area (Å²) < 4.78 is 7.69. The molecule has 1 aliphatic rings. The molecule has 0 saturated carbocycles. The van der Waals surface area contributed by atoms with Gasteiger partial charge in [-0.2, -0.15) is 10.2 Å². The van der Waals surface area contributed by atoms with Gasteiger partial charge in [-0.15, -0.1) is 0 Å². The highest BCUT2D eigenvalue weighted by molar-refractivity contribution is 5.96. The number of nitrogens with zero attached hydrogens (tertiary/aromatic N) is 4. The molecule has 0 fully saturated rings. The van der Waals surface area contributed by atoms with Gasteiger partial charge in [-0.05, 0) is 49.1 Å². The van der Waals surface area contributed by atoms with Crippen LogP contribution in [0.5, 0.6) is 5.75 Å². The zero-order valence-electron chi connectivity index (χ0n) is 20.5. The monoisotopic (exact) mass is 470 g/mol. The van der Waals surface area contributed by atoms with Gasteiger partial charge in [0.15, 0.2) is 5.69 Å². The molecule has 2 heterocycles. The lowest BCUT2D eigenvalue weighted by Crippen LogP contribution is -2.46. The first-order chi connectivity index (χ1) is 16.9. The van der Waals surface area contributed by atoms with Crippen LogP contribution >= 0.6 is 0 Å². The Morgan fingerprint density at radius 3 is 2.51 bits per heavy atom. The molecule has 0 atom stereocenters. The van der Waals surface area contributed by atoms with E-state index in [1.165, 1.54) is 0 Å². The molecule has 1 aromatic heterocycles. The second-order valence-electron chi connectivity index (χ2n) is 8.98. The molecule has 1 amide bonds. The van der Waals surface area contributed by atoms with Gasteiger partial charge in [0, 0.05) is 25.6 Å². The van der Waals surface area contributed by atoms with E-state index in [0.717, 1.165) is 29.5 Å². The normalized spacial score (nSPS) is 13.0. The zero-order chi connectivity index (χ0) is 24.9. The Morgan fingerprint density at radius 2 is 1.83 bits per heavy atom. The van der Waals surface area contributed by atoms with Crippen LogP contribution in [0.25, 0.3) is 11.1 Å². The van der Waals surface area contributed by atoms with Gasteiger partial charge in [0.1, 0.15) is 5.82 Å². The topological polar surface area (TPSA) is 88.2 Å². The highest BCUT2D eigenvalue weighted by Crippen LogP contribution is 2.28. The Bertz CT molecular complexity index is 1320. The second kappa shape index (κ2) is 10.6. The number of amides is 1. The lowest BCUT2D eigenvalue weighted by atomic mass is 9.96. The van der Waals surface area contributed by atoms with Crippen molar-refractivity contribution < 1.29 is 9.53 Å². The van der Waals surface area contributed by atoms with E-state index in [1.54, 1.807) is 17.0 Å². The van der Waals surface area contributed by atoms with E-state index in [0.29, 0.717) is 43.2 Å². The summed E-state index contributed by atoms with van der Waals surface area (Å²) in [7, 11) is 0. The number of rotatable bonds is 8. The predicted molar refractivity (Wildman–Crippen MR) is 134 cm³/mol. The Hall–Kier alpha value is -3.92. The Kier molecular flexibility index (Phi) is 7.31. The van der Waals surface area contributed by atoms with E-state index >= 15 is 0 Å². The number of unbranched alkanes of at least 4 members (excludes halogenated alkanes) is 1. The van der Waals surface area contributed by atoms with E-state index in [9.17, 15) is 9.59 Å².